The first-order valence-electron chi connectivity index (χ1n) is 8.27. The minimum Gasteiger partial charge on any atom is -0.478 e. The molecule has 0 aromatic carbocycles. The Hall–Kier alpha value is -1.35. The van der Waals surface area contributed by atoms with Gasteiger partial charge in [-0.25, -0.2) is 4.79 Å². The zero-order valence-electron chi connectivity index (χ0n) is 13.9. The van der Waals surface area contributed by atoms with E-state index in [-0.39, 0.29) is 12.0 Å². The summed E-state index contributed by atoms with van der Waals surface area (Å²) in [5.74, 6) is 1.44. The van der Waals surface area contributed by atoms with Crippen LogP contribution in [0.3, 0.4) is 0 Å². The minimum atomic E-state index is -0.880. The number of rotatable bonds is 3. The van der Waals surface area contributed by atoms with Crippen molar-refractivity contribution in [2.45, 2.75) is 40.2 Å². The molecule has 2 aliphatic carbocycles. The highest BCUT2D eigenvalue weighted by atomic mass is 16.4. The highest BCUT2D eigenvalue weighted by molar-refractivity contribution is 5.86. The molecule has 1 fully saturated rings. The number of fused-ring (bicyclic) bond motifs is 1. The van der Waals surface area contributed by atoms with E-state index in [4.69, 9.17) is 5.11 Å². The van der Waals surface area contributed by atoms with Crippen LogP contribution < -0.4 is 0 Å². The number of carboxylic acids is 1. The van der Waals surface area contributed by atoms with Gasteiger partial charge in [0.25, 0.3) is 0 Å². The van der Waals surface area contributed by atoms with Crippen LogP contribution in [-0.2, 0) is 4.79 Å². The van der Waals surface area contributed by atoms with Crippen LogP contribution in [0.1, 0.15) is 34.1 Å². The van der Waals surface area contributed by atoms with Gasteiger partial charge in [-0.05, 0) is 48.9 Å². The molecule has 3 heteroatoms. The standard InChI is InChI=1S/C19H28O3/c1-11-8-9-15-10-13(3)18(20)14(4)17(15)16(11)7-5-6-12(2)19(21)22/h5-9,11,13-18,20H,10H2,1-4H3,(H,21,22)/b7-5+,12-6+/t11-,13-,14+,15-,16+,17+,18+/m1/s1. The van der Waals surface area contributed by atoms with Crippen LogP contribution in [0.5, 0.6) is 0 Å². The van der Waals surface area contributed by atoms with Crippen molar-refractivity contribution in [3.8, 4) is 0 Å². The fourth-order valence-electron chi connectivity index (χ4n) is 4.20. The Labute approximate surface area is 133 Å². The summed E-state index contributed by atoms with van der Waals surface area (Å²) in [5.41, 5.74) is 0.345. The summed E-state index contributed by atoms with van der Waals surface area (Å²) in [5, 5.41) is 19.4. The van der Waals surface area contributed by atoms with E-state index < -0.39 is 5.97 Å². The summed E-state index contributed by atoms with van der Waals surface area (Å²) in [7, 11) is 0. The predicted molar refractivity (Wildman–Crippen MR) is 88.3 cm³/mol. The van der Waals surface area contributed by atoms with Crippen molar-refractivity contribution in [3.63, 3.8) is 0 Å². The molecule has 0 amide bonds. The fourth-order valence-corrected chi connectivity index (χ4v) is 4.20. The molecule has 1 saturated carbocycles. The monoisotopic (exact) mass is 304 g/mol. The molecule has 0 radical (unpaired) electrons. The number of allylic oxidation sites excluding steroid dienone is 5. The lowest BCUT2D eigenvalue weighted by molar-refractivity contribution is -0.132. The summed E-state index contributed by atoms with van der Waals surface area (Å²) in [6.07, 6.45) is 11.1. The average Bonchev–Trinajstić information content (AvgIpc) is 2.47. The van der Waals surface area contributed by atoms with Crippen LogP contribution in [0.25, 0.3) is 0 Å². The van der Waals surface area contributed by atoms with E-state index in [0.29, 0.717) is 35.2 Å². The Morgan fingerprint density at radius 1 is 1.23 bits per heavy atom. The highest BCUT2D eigenvalue weighted by Crippen LogP contribution is 2.48. The zero-order valence-corrected chi connectivity index (χ0v) is 13.9. The fraction of sp³-hybridized carbons (Fsp3) is 0.632. The molecule has 7 atom stereocenters. The maximum atomic E-state index is 10.9. The molecular formula is C19H28O3. The molecule has 0 aromatic heterocycles. The lowest BCUT2D eigenvalue weighted by Crippen LogP contribution is -2.46. The van der Waals surface area contributed by atoms with Gasteiger partial charge in [0.15, 0.2) is 0 Å². The first-order valence-corrected chi connectivity index (χ1v) is 8.27. The molecule has 0 bridgehead atoms. The van der Waals surface area contributed by atoms with Gasteiger partial charge in [0.1, 0.15) is 0 Å². The zero-order chi connectivity index (χ0) is 16.4. The third-order valence-electron chi connectivity index (χ3n) is 5.60. The Kier molecular flexibility index (Phi) is 5.28. The third kappa shape index (κ3) is 3.35. The van der Waals surface area contributed by atoms with E-state index in [2.05, 4.69) is 39.0 Å². The van der Waals surface area contributed by atoms with Crippen molar-refractivity contribution in [2.75, 3.05) is 0 Å². The SMILES string of the molecule is C/C(=C\C=C\[C@@H]1[C@H]2[C@H](C)[C@@H](O)[C@H](C)C[C@H]2C=C[C@H]1C)C(=O)O. The maximum Gasteiger partial charge on any atom is 0.331 e. The van der Waals surface area contributed by atoms with Gasteiger partial charge in [0, 0.05) is 5.57 Å². The molecule has 2 aliphatic rings. The molecular weight excluding hydrogens is 276 g/mol. The van der Waals surface area contributed by atoms with E-state index in [1.54, 1.807) is 13.0 Å². The molecule has 2 rings (SSSR count). The van der Waals surface area contributed by atoms with E-state index >= 15 is 0 Å². The normalized spacial score (nSPS) is 42.4. The second-order valence-corrected chi connectivity index (χ2v) is 7.16. The summed E-state index contributed by atoms with van der Waals surface area (Å²) >= 11 is 0. The molecule has 0 saturated heterocycles. The Morgan fingerprint density at radius 2 is 1.91 bits per heavy atom. The summed E-state index contributed by atoms with van der Waals surface area (Å²) in [6, 6.07) is 0. The van der Waals surface area contributed by atoms with Crippen molar-refractivity contribution in [1.82, 2.24) is 0 Å². The smallest absolute Gasteiger partial charge is 0.331 e. The van der Waals surface area contributed by atoms with Crippen LogP contribution in [0.2, 0.25) is 0 Å². The van der Waals surface area contributed by atoms with E-state index in [1.165, 1.54) is 0 Å². The highest BCUT2D eigenvalue weighted by Gasteiger charge is 2.44. The quantitative estimate of drug-likeness (QED) is 0.475. The van der Waals surface area contributed by atoms with Crippen LogP contribution in [0.15, 0.2) is 36.0 Å². The van der Waals surface area contributed by atoms with Crippen LogP contribution in [0, 0.1) is 35.5 Å². The van der Waals surface area contributed by atoms with Crippen molar-refractivity contribution in [1.29, 1.82) is 0 Å². The maximum absolute atomic E-state index is 10.9. The number of aliphatic hydroxyl groups is 1. The van der Waals surface area contributed by atoms with Gasteiger partial charge in [-0.2, -0.15) is 0 Å². The molecule has 0 spiro atoms. The first kappa shape index (κ1) is 17.0. The lowest BCUT2D eigenvalue weighted by atomic mass is 9.58. The topological polar surface area (TPSA) is 57.5 Å². The van der Waals surface area contributed by atoms with Crippen molar-refractivity contribution < 1.29 is 15.0 Å². The number of hydrogen-bond donors (Lipinski definition) is 2. The Morgan fingerprint density at radius 3 is 2.55 bits per heavy atom. The van der Waals surface area contributed by atoms with Crippen LogP contribution in [-0.4, -0.2) is 22.3 Å². The average molecular weight is 304 g/mol. The predicted octanol–water partition coefficient (Wildman–Crippen LogP) is 3.66. The molecule has 0 heterocycles. The van der Waals surface area contributed by atoms with E-state index in [1.807, 2.05) is 6.08 Å². The second kappa shape index (κ2) is 6.82. The number of hydrogen-bond acceptors (Lipinski definition) is 2. The summed E-state index contributed by atoms with van der Waals surface area (Å²) in [6.45, 7) is 8.09. The van der Waals surface area contributed by atoms with Crippen LogP contribution in [0.4, 0.5) is 0 Å². The molecule has 0 aromatic rings. The van der Waals surface area contributed by atoms with E-state index in [9.17, 15) is 9.90 Å². The number of carboxylic acid groups (broad SMARTS) is 1. The molecule has 0 unspecified atom stereocenters. The third-order valence-corrected chi connectivity index (χ3v) is 5.60. The van der Waals surface area contributed by atoms with Crippen molar-refractivity contribution in [2.24, 2.45) is 35.5 Å². The first-order chi connectivity index (χ1) is 10.3. The van der Waals surface area contributed by atoms with Crippen molar-refractivity contribution >= 4 is 5.97 Å². The van der Waals surface area contributed by atoms with Gasteiger partial charge in [-0.3, -0.25) is 0 Å². The molecule has 122 valence electrons. The van der Waals surface area contributed by atoms with Gasteiger partial charge in [-0.1, -0.05) is 51.2 Å². The molecule has 0 aliphatic heterocycles. The summed E-state index contributed by atoms with van der Waals surface area (Å²) < 4.78 is 0. The number of carbonyl (C=O) groups is 1. The molecule has 3 nitrogen and oxygen atoms in total. The van der Waals surface area contributed by atoms with Gasteiger partial charge in [0.2, 0.25) is 0 Å². The van der Waals surface area contributed by atoms with Gasteiger partial charge in [-0.15, -0.1) is 0 Å². The molecule has 22 heavy (non-hydrogen) atoms. The number of aliphatic hydroxyl groups excluding tert-OH is 1. The van der Waals surface area contributed by atoms with E-state index in [0.717, 1.165) is 6.42 Å². The van der Waals surface area contributed by atoms with Gasteiger partial charge < -0.3 is 10.2 Å². The second-order valence-electron chi connectivity index (χ2n) is 7.16. The Balaban J connectivity index is 2.22. The number of aliphatic carboxylic acids is 1. The minimum absolute atomic E-state index is 0.243. The Bertz CT molecular complexity index is 503. The molecule has 2 N–H and O–H groups in total. The largest absolute Gasteiger partial charge is 0.478 e. The van der Waals surface area contributed by atoms with Crippen LogP contribution >= 0.6 is 0 Å². The van der Waals surface area contributed by atoms with Gasteiger partial charge >= 0.3 is 5.97 Å². The van der Waals surface area contributed by atoms with Crippen molar-refractivity contribution in [3.05, 3.63) is 36.0 Å². The summed E-state index contributed by atoms with van der Waals surface area (Å²) in [4.78, 5) is 10.9. The van der Waals surface area contributed by atoms with Gasteiger partial charge in [0.05, 0.1) is 6.10 Å². The lowest BCUT2D eigenvalue weighted by Gasteiger charge is -2.48.